The van der Waals surface area contributed by atoms with Crippen LogP contribution in [-0.4, -0.2) is 25.0 Å². The highest BCUT2D eigenvalue weighted by Gasteiger charge is 2.28. The Morgan fingerprint density at radius 2 is 2.00 bits per heavy atom. The van der Waals surface area contributed by atoms with E-state index in [0.29, 0.717) is 6.42 Å². The second kappa shape index (κ2) is 6.51. The number of carbonyl (C=O) groups excluding carboxylic acids is 2. The Balaban J connectivity index is 4.10. The van der Waals surface area contributed by atoms with Crippen molar-refractivity contribution < 1.29 is 18.7 Å². The third kappa shape index (κ3) is 3.85. The molecule has 0 aromatic rings. The number of methoxy groups -OCH3 is 1. The van der Waals surface area contributed by atoms with Crippen LogP contribution in [0.15, 0.2) is 0 Å². The van der Waals surface area contributed by atoms with E-state index in [2.05, 4.69) is 4.74 Å². The Morgan fingerprint density at radius 1 is 1.43 bits per heavy atom. The van der Waals surface area contributed by atoms with Gasteiger partial charge in [0, 0.05) is 0 Å². The molecule has 2 unspecified atom stereocenters. The number of ketones is 1. The molecule has 2 atom stereocenters. The number of rotatable bonds is 6. The first-order chi connectivity index (χ1) is 6.54. The third-order valence-electron chi connectivity index (χ3n) is 2.10. The minimum absolute atomic E-state index is 0.191. The van der Waals surface area contributed by atoms with Crippen molar-refractivity contribution in [2.24, 2.45) is 5.92 Å². The highest BCUT2D eigenvalue weighted by Crippen LogP contribution is 2.12. The summed E-state index contributed by atoms with van der Waals surface area (Å²) in [5.74, 6) is -2.34. The zero-order valence-corrected chi connectivity index (χ0v) is 8.88. The molecule has 0 spiro atoms. The topological polar surface area (TPSA) is 43.4 Å². The maximum absolute atomic E-state index is 13.2. The molecule has 0 aromatic carbocycles. The second-order valence-corrected chi connectivity index (χ2v) is 3.26. The Hall–Kier alpha value is -0.930. The number of Topliss-reactive ketones (excluding diaryl/α,β-unsaturated/α-hetero) is 1. The molecule has 0 bridgehead atoms. The molecule has 0 fully saturated rings. The number of unbranched alkanes of at least 4 members (excludes halogenated alkanes) is 1. The number of carbonyl (C=O) groups is 2. The fourth-order valence-corrected chi connectivity index (χ4v) is 1.09. The Labute approximate surface area is 83.6 Å². The lowest BCUT2D eigenvalue weighted by Gasteiger charge is -2.11. The molecule has 0 aliphatic heterocycles. The monoisotopic (exact) mass is 204 g/mol. The van der Waals surface area contributed by atoms with Gasteiger partial charge < -0.3 is 4.74 Å². The zero-order valence-electron chi connectivity index (χ0n) is 8.88. The van der Waals surface area contributed by atoms with Gasteiger partial charge in [0.1, 0.15) is 5.92 Å². The van der Waals surface area contributed by atoms with Crippen molar-refractivity contribution in [3.63, 3.8) is 0 Å². The zero-order chi connectivity index (χ0) is 11.1. The molecular formula is C10H17FO3. The summed E-state index contributed by atoms with van der Waals surface area (Å²) in [5, 5.41) is 0. The fourth-order valence-electron chi connectivity index (χ4n) is 1.09. The van der Waals surface area contributed by atoms with E-state index in [1.165, 1.54) is 14.0 Å². The van der Waals surface area contributed by atoms with Crippen LogP contribution in [0.4, 0.5) is 4.39 Å². The number of esters is 1. The van der Waals surface area contributed by atoms with Gasteiger partial charge in [-0.2, -0.15) is 0 Å². The minimum atomic E-state index is -1.54. The van der Waals surface area contributed by atoms with E-state index in [1.807, 2.05) is 6.92 Å². The molecule has 4 heteroatoms. The fraction of sp³-hybridized carbons (Fsp3) is 0.800. The highest BCUT2D eigenvalue weighted by atomic mass is 19.1. The number of ether oxygens (including phenoxy) is 1. The summed E-state index contributed by atoms with van der Waals surface area (Å²) in [7, 11) is 1.19. The Bertz CT molecular complexity index is 204. The molecule has 0 rings (SSSR count). The minimum Gasteiger partial charge on any atom is -0.468 e. The maximum atomic E-state index is 13.2. The van der Waals surface area contributed by atoms with Gasteiger partial charge in [-0.15, -0.1) is 0 Å². The van der Waals surface area contributed by atoms with E-state index in [0.717, 1.165) is 6.42 Å². The average Bonchev–Trinajstić information content (AvgIpc) is 2.22. The van der Waals surface area contributed by atoms with Gasteiger partial charge in [-0.3, -0.25) is 9.59 Å². The van der Waals surface area contributed by atoms with Crippen LogP contribution in [0.2, 0.25) is 0 Å². The molecule has 0 aliphatic rings. The molecule has 0 aromatic heterocycles. The Morgan fingerprint density at radius 3 is 2.43 bits per heavy atom. The van der Waals surface area contributed by atoms with E-state index in [9.17, 15) is 14.0 Å². The summed E-state index contributed by atoms with van der Waals surface area (Å²) < 4.78 is 17.5. The Kier molecular flexibility index (Phi) is 6.08. The van der Waals surface area contributed by atoms with Crippen LogP contribution in [0.1, 0.15) is 33.1 Å². The van der Waals surface area contributed by atoms with Crippen LogP contribution in [0.5, 0.6) is 0 Å². The van der Waals surface area contributed by atoms with Gasteiger partial charge >= 0.3 is 5.97 Å². The van der Waals surface area contributed by atoms with Crippen LogP contribution in [0, 0.1) is 5.92 Å². The molecular weight excluding hydrogens is 187 g/mol. The summed E-state index contributed by atoms with van der Waals surface area (Å²) in [6.45, 7) is 3.29. The molecule has 0 aliphatic carbocycles. The molecule has 0 saturated heterocycles. The lowest BCUT2D eigenvalue weighted by atomic mass is 9.99. The van der Waals surface area contributed by atoms with Crippen molar-refractivity contribution in [2.45, 2.75) is 39.3 Å². The first kappa shape index (κ1) is 13.1. The van der Waals surface area contributed by atoms with Gasteiger partial charge in [0.2, 0.25) is 0 Å². The SMILES string of the molecule is CCCCC(F)C(=O)C(C)C(=O)OC. The molecule has 14 heavy (non-hydrogen) atoms. The molecule has 0 N–H and O–H groups in total. The third-order valence-corrected chi connectivity index (χ3v) is 2.10. The molecule has 0 saturated carbocycles. The van der Waals surface area contributed by atoms with Crippen molar-refractivity contribution >= 4 is 11.8 Å². The van der Waals surface area contributed by atoms with Crippen LogP contribution in [0.3, 0.4) is 0 Å². The predicted molar refractivity (Wildman–Crippen MR) is 50.6 cm³/mol. The normalized spacial score (nSPS) is 14.6. The highest BCUT2D eigenvalue weighted by molar-refractivity contribution is 6.00. The van der Waals surface area contributed by atoms with Crippen molar-refractivity contribution in [3.8, 4) is 0 Å². The quantitative estimate of drug-likeness (QED) is 0.490. The van der Waals surface area contributed by atoms with Gasteiger partial charge in [0.15, 0.2) is 12.0 Å². The summed E-state index contributed by atoms with van der Waals surface area (Å²) in [5.41, 5.74) is 0. The van der Waals surface area contributed by atoms with E-state index in [4.69, 9.17) is 0 Å². The molecule has 0 heterocycles. The lowest BCUT2D eigenvalue weighted by Crippen LogP contribution is -2.29. The van der Waals surface area contributed by atoms with Gasteiger partial charge in [-0.05, 0) is 13.3 Å². The maximum Gasteiger partial charge on any atom is 0.316 e. The summed E-state index contributed by atoms with van der Waals surface area (Å²) in [4.78, 5) is 22.2. The van der Waals surface area contributed by atoms with Crippen molar-refractivity contribution in [2.75, 3.05) is 7.11 Å². The van der Waals surface area contributed by atoms with Gasteiger partial charge in [0.05, 0.1) is 7.11 Å². The molecule has 82 valence electrons. The van der Waals surface area contributed by atoms with E-state index in [-0.39, 0.29) is 6.42 Å². The standard InChI is InChI=1S/C10H17FO3/c1-4-5-6-8(11)9(12)7(2)10(13)14-3/h7-8H,4-6H2,1-3H3. The number of halogens is 1. The van der Waals surface area contributed by atoms with Crippen LogP contribution in [0.25, 0.3) is 0 Å². The van der Waals surface area contributed by atoms with E-state index >= 15 is 0 Å². The van der Waals surface area contributed by atoms with Gasteiger partial charge in [-0.1, -0.05) is 19.8 Å². The van der Waals surface area contributed by atoms with Crippen LogP contribution >= 0.6 is 0 Å². The number of alkyl halides is 1. The van der Waals surface area contributed by atoms with Crippen molar-refractivity contribution in [3.05, 3.63) is 0 Å². The summed E-state index contributed by atoms with van der Waals surface area (Å²) in [6.07, 6.45) is 0.140. The molecule has 0 amide bonds. The first-order valence-electron chi connectivity index (χ1n) is 4.80. The summed E-state index contributed by atoms with van der Waals surface area (Å²) in [6, 6.07) is 0. The molecule has 3 nitrogen and oxygen atoms in total. The average molecular weight is 204 g/mol. The van der Waals surface area contributed by atoms with E-state index in [1.54, 1.807) is 0 Å². The number of hydrogen-bond acceptors (Lipinski definition) is 3. The second-order valence-electron chi connectivity index (χ2n) is 3.26. The first-order valence-corrected chi connectivity index (χ1v) is 4.80. The van der Waals surface area contributed by atoms with Crippen molar-refractivity contribution in [1.29, 1.82) is 0 Å². The predicted octanol–water partition coefficient (Wildman–Crippen LogP) is 1.89. The smallest absolute Gasteiger partial charge is 0.316 e. The largest absolute Gasteiger partial charge is 0.468 e. The number of hydrogen-bond donors (Lipinski definition) is 0. The lowest BCUT2D eigenvalue weighted by molar-refractivity contribution is -0.150. The van der Waals surface area contributed by atoms with Gasteiger partial charge in [0.25, 0.3) is 0 Å². The van der Waals surface area contributed by atoms with Gasteiger partial charge in [-0.25, -0.2) is 4.39 Å². The van der Waals surface area contributed by atoms with Crippen LogP contribution in [-0.2, 0) is 14.3 Å². The molecule has 0 radical (unpaired) electrons. The van der Waals surface area contributed by atoms with Crippen LogP contribution < -0.4 is 0 Å². The van der Waals surface area contributed by atoms with E-state index < -0.39 is 23.8 Å². The summed E-state index contributed by atoms with van der Waals surface area (Å²) >= 11 is 0. The van der Waals surface area contributed by atoms with Crippen molar-refractivity contribution in [1.82, 2.24) is 0 Å².